The molecule has 2 aromatic carbocycles. The lowest BCUT2D eigenvalue weighted by Crippen LogP contribution is -2.05. The van der Waals surface area contributed by atoms with Gasteiger partial charge in [0, 0.05) is 21.5 Å². The smallest absolute Gasteiger partial charge is 0.130 e. The maximum atomic E-state index is 13.8. The molecule has 1 atom stereocenters. The number of aliphatic hydroxyl groups is 1. The van der Waals surface area contributed by atoms with Gasteiger partial charge in [-0.1, -0.05) is 33.6 Å². The lowest BCUT2D eigenvalue weighted by atomic mass is 10.0. The average molecular weight is 360 g/mol. The Morgan fingerprint density at radius 3 is 2.70 bits per heavy atom. The highest BCUT2D eigenvalue weighted by atomic mass is 79.9. The van der Waals surface area contributed by atoms with Crippen molar-refractivity contribution in [2.24, 2.45) is 0 Å². The minimum Gasteiger partial charge on any atom is -0.496 e. The fourth-order valence-electron chi connectivity index (χ4n) is 2.00. The maximum Gasteiger partial charge on any atom is 0.130 e. The molecule has 2 aromatic rings. The van der Waals surface area contributed by atoms with Crippen LogP contribution in [-0.4, -0.2) is 12.2 Å². The molecular weight excluding hydrogens is 347 g/mol. The highest BCUT2D eigenvalue weighted by molar-refractivity contribution is 9.10. The third-order valence-corrected chi connectivity index (χ3v) is 3.71. The molecule has 0 spiro atoms. The van der Waals surface area contributed by atoms with E-state index in [-0.39, 0.29) is 12.0 Å². The second-order valence-corrected chi connectivity index (χ2v) is 5.69. The van der Waals surface area contributed by atoms with Crippen LogP contribution in [0.3, 0.4) is 0 Å². The van der Waals surface area contributed by atoms with E-state index >= 15 is 0 Å². The highest BCUT2D eigenvalue weighted by Gasteiger charge is 2.16. The van der Waals surface area contributed by atoms with Crippen LogP contribution in [-0.2, 0) is 6.42 Å². The molecule has 0 fully saturated rings. The first-order valence-corrected chi connectivity index (χ1v) is 7.14. The van der Waals surface area contributed by atoms with Gasteiger partial charge in [-0.05, 0) is 35.9 Å². The normalized spacial score (nSPS) is 12.2. The first-order valence-electron chi connectivity index (χ1n) is 5.96. The van der Waals surface area contributed by atoms with E-state index in [2.05, 4.69) is 15.9 Å². The Hall–Kier alpha value is -1.10. The molecule has 0 heterocycles. The van der Waals surface area contributed by atoms with Crippen molar-refractivity contribution >= 4 is 27.5 Å². The summed E-state index contributed by atoms with van der Waals surface area (Å²) in [6.07, 6.45) is -0.738. The van der Waals surface area contributed by atoms with Crippen molar-refractivity contribution in [3.05, 3.63) is 62.8 Å². The number of halogens is 3. The second-order valence-electron chi connectivity index (χ2n) is 4.34. The van der Waals surface area contributed by atoms with Crippen LogP contribution in [0.4, 0.5) is 4.39 Å². The van der Waals surface area contributed by atoms with Crippen molar-refractivity contribution in [2.75, 3.05) is 7.11 Å². The molecule has 0 aliphatic heterocycles. The van der Waals surface area contributed by atoms with Crippen molar-refractivity contribution in [1.29, 1.82) is 0 Å². The summed E-state index contributed by atoms with van der Waals surface area (Å²) < 4.78 is 19.7. The van der Waals surface area contributed by atoms with E-state index < -0.39 is 11.9 Å². The van der Waals surface area contributed by atoms with Crippen LogP contribution in [0.2, 0.25) is 5.02 Å². The zero-order valence-corrected chi connectivity index (χ0v) is 13.1. The van der Waals surface area contributed by atoms with Gasteiger partial charge in [-0.25, -0.2) is 4.39 Å². The monoisotopic (exact) mass is 358 g/mol. The van der Waals surface area contributed by atoms with E-state index in [4.69, 9.17) is 16.3 Å². The lowest BCUT2D eigenvalue weighted by Gasteiger charge is -2.15. The van der Waals surface area contributed by atoms with Crippen LogP contribution in [0, 0.1) is 5.82 Å². The predicted octanol–water partition coefficient (Wildman–Crippen LogP) is 4.53. The average Bonchev–Trinajstić information content (AvgIpc) is 2.38. The first kappa shape index (κ1) is 15.3. The van der Waals surface area contributed by atoms with E-state index in [0.29, 0.717) is 15.2 Å². The summed E-state index contributed by atoms with van der Waals surface area (Å²) in [4.78, 5) is 0. The largest absolute Gasteiger partial charge is 0.496 e. The summed E-state index contributed by atoms with van der Waals surface area (Å²) in [6.45, 7) is 0. The molecule has 0 radical (unpaired) electrons. The quantitative estimate of drug-likeness (QED) is 0.869. The number of aliphatic hydroxyl groups excluding tert-OH is 1. The van der Waals surface area contributed by atoms with Gasteiger partial charge in [-0.2, -0.15) is 0 Å². The third-order valence-electron chi connectivity index (χ3n) is 2.98. The minimum atomic E-state index is -0.963. The molecule has 2 rings (SSSR count). The second kappa shape index (κ2) is 6.57. The summed E-state index contributed by atoms with van der Waals surface area (Å²) in [5, 5.41) is 10.7. The molecular formula is C15H13BrClFO2. The highest BCUT2D eigenvalue weighted by Crippen LogP contribution is 2.29. The Kier molecular flexibility index (Phi) is 5.02. The predicted molar refractivity (Wildman–Crippen MR) is 80.8 cm³/mol. The van der Waals surface area contributed by atoms with E-state index in [1.807, 2.05) is 0 Å². The molecule has 0 aliphatic rings. The van der Waals surface area contributed by atoms with Gasteiger partial charge in [0.2, 0.25) is 0 Å². The molecule has 20 heavy (non-hydrogen) atoms. The Bertz CT molecular complexity index is 619. The molecule has 1 unspecified atom stereocenters. The fourth-order valence-corrected chi connectivity index (χ4v) is 2.52. The van der Waals surface area contributed by atoms with Gasteiger partial charge < -0.3 is 9.84 Å². The molecule has 5 heteroatoms. The van der Waals surface area contributed by atoms with Crippen molar-refractivity contribution in [3.63, 3.8) is 0 Å². The third kappa shape index (κ3) is 3.51. The SMILES string of the molecule is COc1ccc(Cl)cc1CC(O)c1ccc(Br)cc1F. The molecule has 1 N–H and O–H groups in total. The molecule has 0 bridgehead atoms. The van der Waals surface area contributed by atoms with Crippen molar-refractivity contribution in [3.8, 4) is 5.75 Å². The van der Waals surface area contributed by atoms with E-state index in [9.17, 15) is 9.50 Å². The van der Waals surface area contributed by atoms with E-state index in [1.54, 1.807) is 37.4 Å². The van der Waals surface area contributed by atoms with Crippen molar-refractivity contribution in [2.45, 2.75) is 12.5 Å². The number of ether oxygens (including phenoxy) is 1. The van der Waals surface area contributed by atoms with Crippen LogP contribution >= 0.6 is 27.5 Å². The summed E-state index contributed by atoms with van der Waals surface area (Å²) in [6, 6.07) is 9.71. The summed E-state index contributed by atoms with van der Waals surface area (Å²) in [7, 11) is 1.54. The Balaban J connectivity index is 2.27. The zero-order valence-electron chi connectivity index (χ0n) is 10.7. The fraction of sp³-hybridized carbons (Fsp3) is 0.200. The Labute approximate surface area is 130 Å². The van der Waals surface area contributed by atoms with Gasteiger partial charge in [0.1, 0.15) is 11.6 Å². The first-order chi connectivity index (χ1) is 9.51. The van der Waals surface area contributed by atoms with Crippen LogP contribution in [0.25, 0.3) is 0 Å². The Morgan fingerprint density at radius 2 is 2.05 bits per heavy atom. The van der Waals surface area contributed by atoms with Gasteiger partial charge in [0.25, 0.3) is 0 Å². The van der Waals surface area contributed by atoms with Gasteiger partial charge in [-0.3, -0.25) is 0 Å². The Morgan fingerprint density at radius 1 is 1.30 bits per heavy atom. The lowest BCUT2D eigenvalue weighted by molar-refractivity contribution is 0.172. The number of hydrogen-bond acceptors (Lipinski definition) is 2. The number of benzene rings is 2. The number of methoxy groups -OCH3 is 1. The maximum absolute atomic E-state index is 13.8. The van der Waals surface area contributed by atoms with Gasteiger partial charge in [0.15, 0.2) is 0 Å². The molecule has 0 aromatic heterocycles. The van der Waals surface area contributed by atoms with Gasteiger partial charge >= 0.3 is 0 Å². The molecule has 0 saturated heterocycles. The van der Waals surface area contributed by atoms with Crippen LogP contribution < -0.4 is 4.74 Å². The molecule has 2 nitrogen and oxygen atoms in total. The van der Waals surface area contributed by atoms with Crippen LogP contribution in [0.15, 0.2) is 40.9 Å². The minimum absolute atomic E-state index is 0.224. The van der Waals surface area contributed by atoms with Crippen LogP contribution in [0.5, 0.6) is 5.75 Å². The van der Waals surface area contributed by atoms with Gasteiger partial charge in [-0.15, -0.1) is 0 Å². The standard InChI is InChI=1S/C15H13BrClFO2/c1-20-15-5-3-11(17)6-9(15)7-14(19)12-4-2-10(16)8-13(12)18/h2-6,8,14,19H,7H2,1H3. The summed E-state index contributed by atoms with van der Waals surface area (Å²) in [5.74, 6) is 0.166. The molecule has 106 valence electrons. The number of hydrogen-bond donors (Lipinski definition) is 1. The van der Waals surface area contributed by atoms with E-state index in [0.717, 1.165) is 5.56 Å². The van der Waals surface area contributed by atoms with Crippen molar-refractivity contribution < 1.29 is 14.2 Å². The molecule has 0 saturated carbocycles. The molecule has 0 amide bonds. The van der Waals surface area contributed by atoms with E-state index in [1.165, 1.54) is 6.07 Å². The zero-order chi connectivity index (χ0) is 14.7. The van der Waals surface area contributed by atoms with Gasteiger partial charge in [0.05, 0.1) is 13.2 Å². The number of rotatable bonds is 4. The topological polar surface area (TPSA) is 29.5 Å². The summed E-state index contributed by atoms with van der Waals surface area (Å²) in [5.41, 5.74) is 0.977. The van der Waals surface area contributed by atoms with Crippen LogP contribution in [0.1, 0.15) is 17.2 Å². The molecule has 0 aliphatic carbocycles. The summed E-state index contributed by atoms with van der Waals surface area (Å²) >= 11 is 9.12. The van der Waals surface area contributed by atoms with Crippen molar-refractivity contribution in [1.82, 2.24) is 0 Å².